The summed E-state index contributed by atoms with van der Waals surface area (Å²) in [5.41, 5.74) is 0.218. The molecule has 3 amide bonds. The Hall–Kier alpha value is -2.94. The molecule has 1 aliphatic rings. The van der Waals surface area contributed by atoms with Crippen molar-refractivity contribution in [1.82, 2.24) is 15.5 Å². The zero-order chi connectivity index (χ0) is 21.0. The van der Waals surface area contributed by atoms with Crippen LogP contribution in [0.25, 0.3) is 11.0 Å². The van der Waals surface area contributed by atoms with Gasteiger partial charge in [-0.05, 0) is 18.6 Å². The number of halogens is 2. The van der Waals surface area contributed by atoms with Crippen molar-refractivity contribution in [3.8, 4) is 0 Å². The van der Waals surface area contributed by atoms with E-state index in [2.05, 4.69) is 10.6 Å². The van der Waals surface area contributed by atoms with Crippen LogP contribution in [0.1, 0.15) is 17.0 Å². The third kappa shape index (κ3) is 4.92. The highest BCUT2D eigenvalue weighted by molar-refractivity contribution is 6.27. The fourth-order valence-electron chi connectivity index (χ4n) is 3.10. The number of nitrogens with one attached hydrogen (secondary N) is 2. The second-order valence-electron chi connectivity index (χ2n) is 6.67. The number of fused-ring (bicyclic) bond motifs is 1. The Kier molecular flexibility index (Phi) is 6.48. The lowest BCUT2D eigenvalue weighted by molar-refractivity contribution is -0.134. The number of Topliss-reactive ketones (excluding diaryl/α,β-unsaturated/α-hetero) is 1. The number of ketones is 1. The molecule has 2 aromatic rings. The van der Waals surface area contributed by atoms with Gasteiger partial charge in [0.25, 0.3) is 5.91 Å². The van der Waals surface area contributed by atoms with Gasteiger partial charge in [0.05, 0.1) is 24.4 Å². The summed E-state index contributed by atoms with van der Waals surface area (Å²) < 4.78 is 19.0. The average molecular weight is 424 g/mol. The molecule has 0 radical (unpaired) electrons. The number of carbonyl (C=O) groups is 4. The lowest BCUT2D eigenvalue weighted by atomic mass is 10.1. The molecule has 2 N–H and O–H groups in total. The summed E-state index contributed by atoms with van der Waals surface area (Å²) in [7, 11) is 0. The number of hydrogen-bond acceptors (Lipinski definition) is 5. The molecule has 3 rings (SSSR count). The highest BCUT2D eigenvalue weighted by Gasteiger charge is 2.29. The summed E-state index contributed by atoms with van der Waals surface area (Å²) in [6.45, 7) is -0.0416. The van der Waals surface area contributed by atoms with Gasteiger partial charge in [0.1, 0.15) is 17.3 Å². The van der Waals surface area contributed by atoms with Crippen LogP contribution in [0.3, 0.4) is 0 Å². The van der Waals surface area contributed by atoms with E-state index in [1.165, 1.54) is 29.2 Å². The zero-order valence-corrected chi connectivity index (χ0v) is 16.1. The maximum Gasteiger partial charge on any atom is 0.287 e. The molecular weight excluding hydrogens is 405 g/mol. The van der Waals surface area contributed by atoms with Crippen LogP contribution in [0.2, 0.25) is 0 Å². The van der Waals surface area contributed by atoms with Crippen LogP contribution in [-0.2, 0) is 14.4 Å². The van der Waals surface area contributed by atoms with Gasteiger partial charge < -0.3 is 20.0 Å². The maximum atomic E-state index is 13.7. The van der Waals surface area contributed by atoms with Gasteiger partial charge in [-0.2, -0.15) is 0 Å². The second kappa shape index (κ2) is 9.04. The lowest BCUT2D eigenvalue weighted by Crippen LogP contribution is -2.44. The van der Waals surface area contributed by atoms with Gasteiger partial charge in [-0.3, -0.25) is 19.2 Å². The van der Waals surface area contributed by atoms with Crippen LogP contribution in [-0.4, -0.2) is 60.5 Å². The van der Waals surface area contributed by atoms with Gasteiger partial charge >= 0.3 is 0 Å². The largest absolute Gasteiger partial charge is 0.451 e. The summed E-state index contributed by atoms with van der Waals surface area (Å²) in [6.07, 6.45) is 0.568. The molecule has 29 heavy (non-hydrogen) atoms. The summed E-state index contributed by atoms with van der Waals surface area (Å²) in [5, 5.41) is 5.22. The minimum Gasteiger partial charge on any atom is -0.451 e. The molecule has 1 aromatic carbocycles. The number of alkyl halides is 1. The van der Waals surface area contributed by atoms with E-state index in [1.54, 1.807) is 0 Å². The van der Waals surface area contributed by atoms with E-state index in [-0.39, 0.29) is 48.2 Å². The fraction of sp³-hybridized carbons (Fsp3) is 0.368. The Morgan fingerprint density at radius 3 is 2.79 bits per heavy atom. The topological polar surface area (TPSA) is 109 Å². The molecule has 1 saturated heterocycles. The number of rotatable bonds is 8. The summed E-state index contributed by atoms with van der Waals surface area (Å²) >= 11 is 5.60. The Morgan fingerprint density at radius 1 is 1.34 bits per heavy atom. The van der Waals surface area contributed by atoms with E-state index in [9.17, 15) is 23.6 Å². The quantitative estimate of drug-likeness (QED) is 0.617. The summed E-state index contributed by atoms with van der Waals surface area (Å²) in [5.74, 6) is -3.14. The van der Waals surface area contributed by atoms with Gasteiger partial charge in [0.2, 0.25) is 11.8 Å². The van der Waals surface area contributed by atoms with Gasteiger partial charge in [-0.15, -0.1) is 11.6 Å². The first-order chi connectivity index (χ1) is 13.9. The molecule has 154 valence electrons. The molecule has 0 aliphatic carbocycles. The molecule has 2 heterocycles. The predicted molar refractivity (Wildman–Crippen MR) is 102 cm³/mol. The van der Waals surface area contributed by atoms with Gasteiger partial charge in [-0.1, -0.05) is 6.07 Å². The van der Waals surface area contributed by atoms with Gasteiger partial charge in [-0.25, -0.2) is 4.39 Å². The van der Waals surface area contributed by atoms with Crippen molar-refractivity contribution in [3.63, 3.8) is 0 Å². The highest BCUT2D eigenvalue weighted by atomic mass is 35.5. The number of benzene rings is 1. The molecule has 10 heteroatoms. The minimum atomic E-state index is -0.681. The van der Waals surface area contributed by atoms with Crippen molar-refractivity contribution < 1.29 is 28.0 Å². The average Bonchev–Trinajstić information content (AvgIpc) is 3.32. The van der Waals surface area contributed by atoms with E-state index < -0.39 is 29.3 Å². The van der Waals surface area contributed by atoms with E-state index in [0.29, 0.717) is 13.0 Å². The normalized spacial score (nSPS) is 15.9. The van der Waals surface area contributed by atoms with Gasteiger partial charge in [0, 0.05) is 19.2 Å². The third-order valence-electron chi connectivity index (χ3n) is 4.62. The predicted octanol–water partition coefficient (Wildman–Crippen LogP) is 1.07. The van der Waals surface area contributed by atoms with Crippen LogP contribution in [0.5, 0.6) is 0 Å². The van der Waals surface area contributed by atoms with E-state index in [0.717, 1.165) is 0 Å². The Balaban J connectivity index is 1.57. The van der Waals surface area contributed by atoms with Crippen LogP contribution >= 0.6 is 11.6 Å². The monoisotopic (exact) mass is 423 g/mol. The number of amides is 3. The van der Waals surface area contributed by atoms with Gasteiger partial charge in [0.15, 0.2) is 11.5 Å². The second-order valence-corrected chi connectivity index (χ2v) is 6.94. The van der Waals surface area contributed by atoms with Crippen molar-refractivity contribution in [3.05, 3.63) is 35.8 Å². The Morgan fingerprint density at radius 2 is 2.14 bits per heavy atom. The third-order valence-corrected chi connectivity index (χ3v) is 4.84. The van der Waals surface area contributed by atoms with Crippen molar-refractivity contribution in [2.75, 3.05) is 32.1 Å². The number of hydrogen-bond donors (Lipinski definition) is 2. The van der Waals surface area contributed by atoms with Crippen molar-refractivity contribution in [1.29, 1.82) is 0 Å². The van der Waals surface area contributed by atoms with Crippen molar-refractivity contribution in [2.24, 2.45) is 5.92 Å². The van der Waals surface area contributed by atoms with E-state index in [4.69, 9.17) is 16.0 Å². The number of nitrogens with zero attached hydrogens (tertiary/aromatic N) is 1. The van der Waals surface area contributed by atoms with E-state index >= 15 is 0 Å². The standard InChI is InChI=1S/C19H19ClFN3O5/c20-7-17(26)24(9-11-4-5-22-18(11)27)10-12(25)8-23-19(28)16-6-13-14(21)2-1-3-15(13)29-16/h1-3,6,11H,4-5,7-10H2,(H,22,27)(H,23,28). The first-order valence-electron chi connectivity index (χ1n) is 8.98. The smallest absolute Gasteiger partial charge is 0.287 e. The van der Waals surface area contributed by atoms with Crippen LogP contribution < -0.4 is 10.6 Å². The van der Waals surface area contributed by atoms with Crippen LogP contribution in [0.4, 0.5) is 4.39 Å². The van der Waals surface area contributed by atoms with Crippen LogP contribution in [0, 0.1) is 11.7 Å². The molecular formula is C19H19ClFN3O5. The SMILES string of the molecule is O=C(CNC(=O)c1cc2c(F)cccc2o1)CN(CC1CCNC1=O)C(=O)CCl. The lowest BCUT2D eigenvalue weighted by Gasteiger charge is -2.23. The molecule has 1 unspecified atom stereocenters. The Bertz CT molecular complexity index is 960. The van der Waals surface area contributed by atoms with Crippen molar-refractivity contribution in [2.45, 2.75) is 6.42 Å². The molecule has 1 fully saturated rings. The zero-order valence-electron chi connectivity index (χ0n) is 15.4. The minimum absolute atomic E-state index is 0.0833. The molecule has 8 nitrogen and oxygen atoms in total. The Labute approximate surface area is 170 Å². The first kappa shape index (κ1) is 20.8. The molecule has 0 bridgehead atoms. The molecule has 1 aliphatic heterocycles. The molecule has 1 aromatic heterocycles. The summed E-state index contributed by atoms with van der Waals surface area (Å²) in [6, 6.07) is 5.48. The highest BCUT2D eigenvalue weighted by Crippen LogP contribution is 2.21. The fourth-order valence-corrected chi connectivity index (χ4v) is 3.27. The first-order valence-corrected chi connectivity index (χ1v) is 9.52. The van der Waals surface area contributed by atoms with Crippen LogP contribution in [0.15, 0.2) is 28.7 Å². The molecule has 0 spiro atoms. The molecule has 1 atom stereocenters. The number of carbonyl (C=O) groups excluding carboxylic acids is 4. The number of furan rings is 1. The van der Waals surface area contributed by atoms with Crippen molar-refractivity contribution >= 4 is 46.1 Å². The maximum absolute atomic E-state index is 13.7. The van der Waals surface area contributed by atoms with E-state index in [1.807, 2.05) is 0 Å². The summed E-state index contributed by atoms with van der Waals surface area (Å²) in [4.78, 5) is 49.4. The molecule has 0 saturated carbocycles.